The summed E-state index contributed by atoms with van der Waals surface area (Å²) in [5.41, 5.74) is 16.2. The number of para-hydroxylation sites is 3. The molecule has 0 fully saturated rings. The van der Waals surface area contributed by atoms with Crippen LogP contribution >= 0.6 is 11.3 Å². The fourth-order valence-electron chi connectivity index (χ4n) is 9.70. The Morgan fingerprint density at radius 1 is 0.359 bits per heavy atom. The maximum atomic E-state index is 6.38. The first kappa shape index (κ1) is 36.5. The second kappa shape index (κ2) is 14.7. The summed E-state index contributed by atoms with van der Waals surface area (Å²) >= 11 is 1.87. The molecule has 300 valence electrons. The number of thiophene rings is 1. The lowest BCUT2D eigenvalue weighted by Crippen LogP contribution is -2.09. The number of aromatic nitrogens is 1. The highest BCUT2D eigenvalue weighted by molar-refractivity contribution is 7.26. The van der Waals surface area contributed by atoms with Crippen LogP contribution in [0.15, 0.2) is 231 Å². The highest BCUT2D eigenvalue weighted by Gasteiger charge is 2.24. The van der Waals surface area contributed by atoms with Gasteiger partial charge in [0.2, 0.25) is 0 Å². The van der Waals surface area contributed by atoms with Crippen molar-refractivity contribution in [3.05, 3.63) is 231 Å². The van der Waals surface area contributed by atoms with Crippen LogP contribution in [0.25, 0.3) is 92.2 Å². The third-order valence-corrected chi connectivity index (χ3v) is 14.0. The van der Waals surface area contributed by atoms with E-state index in [0.717, 1.165) is 45.3 Å². The minimum atomic E-state index is 0.875. The van der Waals surface area contributed by atoms with Gasteiger partial charge in [0.25, 0.3) is 0 Å². The van der Waals surface area contributed by atoms with E-state index in [0.29, 0.717) is 0 Å². The van der Waals surface area contributed by atoms with Gasteiger partial charge in [-0.15, -0.1) is 11.3 Å². The summed E-state index contributed by atoms with van der Waals surface area (Å²) in [6, 6.07) is 83.4. The number of nitrogens with zero attached hydrogens (tertiary/aromatic N) is 2. The van der Waals surface area contributed by atoms with Crippen molar-refractivity contribution in [3.63, 3.8) is 0 Å². The molecule has 10 aromatic carbocycles. The van der Waals surface area contributed by atoms with E-state index in [1.807, 2.05) is 23.5 Å². The van der Waals surface area contributed by atoms with Gasteiger partial charge in [0.05, 0.1) is 16.7 Å². The Bertz CT molecular complexity index is 3720. The largest absolute Gasteiger partial charge is 0.453 e. The van der Waals surface area contributed by atoms with Crippen LogP contribution in [0, 0.1) is 0 Å². The van der Waals surface area contributed by atoms with Gasteiger partial charge in [-0.25, -0.2) is 0 Å². The molecule has 1 aliphatic rings. The summed E-state index contributed by atoms with van der Waals surface area (Å²) in [7, 11) is 0. The van der Waals surface area contributed by atoms with E-state index in [1.165, 1.54) is 75.4 Å². The first-order chi connectivity index (χ1) is 31.7. The van der Waals surface area contributed by atoms with Crippen molar-refractivity contribution in [3.8, 4) is 61.7 Å². The van der Waals surface area contributed by atoms with E-state index in [9.17, 15) is 0 Å². The van der Waals surface area contributed by atoms with E-state index in [2.05, 4.69) is 228 Å². The number of hydrogen-bond acceptors (Lipinski definition) is 3. The molecule has 3 nitrogen and oxygen atoms in total. The van der Waals surface area contributed by atoms with Gasteiger partial charge >= 0.3 is 0 Å². The number of ether oxygens (including phenoxy) is 1. The minimum Gasteiger partial charge on any atom is -0.453 e. The summed E-state index contributed by atoms with van der Waals surface area (Å²) in [6.07, 6.45) is 0. The van der Waals surface area contributed by atoms with Crippen molar-refractivity contribution in [2.75, 3.05) is 4.90 Å². The normalized spacial score (nSPS) is 11.9. The number of fused-ring (bicyclic) bond motifs is 8. The van der Waals surface area contributed by atoms with E-state index in [1.54, 1.807) is 0 Å². The molecule has 64 heavy (non-hydrogen) atoms. The van der Waals surface area contributed by atoms with Gasteiger partial charge in [0.1, 0.15) is 0 Å². The zero-order valence-corrected chi connectivity index (χ0v) is 35.5. The summed E-state index contributed by atoms with van der Waals surface area (Å²) in [4.78, 5) is 2.36. The second-order valence-corrected chi connectivity index (χ2v) is 17.5. The Morgan fingerprint density at radius 3 is 1.59 bits per heavy atom. The SMILES string of the molecule is c1ccc(-c2ccc(-c3ccc(N(c4ccc(-c5ccc6c(c5)c5cccc7c5n6-c5ccccc5O7)cc4)c4ccc(-c5cccc6c5sc5ccccc56)cc4)cc3)cc2)cc1. The van der Waals surface area contributed by atoms with Crippen LogP contribution in [-0.4, -0.2) is 4.57 Å². The maximum absolute atomic E-state index is 6.38. The standard InChI is InChI=1S/C60H38N2OS/c1-2-10-39(11-3-1)40-20-22-41(23-21-40)42-24-31-46(32-25-42)61(48-35-28-44(29-36-48)49-13-8-15-52-50-12-4-7-19-58(50)64-60(49)52)47-33-26-43(27-34-47)45-30-37-54-53(38-45)51-14-9-18-57-59(51)62(54)55-16-5-6-17-56(55)63-57/h1-38H. The molecule has 0 saturated heterocycles. The van der Waals surface area contributed by atoms with Crippen LogP contribution in [0.1, 0.15) is 0 Å². The molecule has 13 rings (SSSR count). The fraction of sp³-hybridized carbons (Fsp3) is 0. The number of hydrogen-bond donors (Lipinski definition) is 0. The van der Waals surface area contributed by atoms with Crippen molar-refractivity contribution < 1.29 is 4.74 Å². The van der Waals surface area contributed by atoms with E-state index in [4.69, 9.17) is 4.74 Å². The van der Waals surface area contributed by atoms with Gasteiger partial charge in [0.15, 0.2) is 11.5 Å². The first-order valence-corrected chi connectivity index (χ1v) is 22.6. The van der Waals surface area contributed by atoms with E-state index < -0.39 is 0 Å². The zero-order valence-electron chi connectivity index (χ0n) is 34.7. The lowest BCUT2D eigenvalue weighted by atomic mass is 9.99. The Morgan fingerprint density at radius 2 is 0.875 bits per heavy atom. The molecule has 12 aromatic rings. The summed E-state index contributed by atoms with van der Waals surface area (Å²) in [5, 5.41) is 5.03. The van der Waals surface area contributed by atoms with Gasteiger partial charge in [-0.2, -0.15) is 0 Å². The van der Waals surface area contributed by atoms with Gasteiger partial charge in [-0.05, 0) is 117 Å². The Balaban J connectivity index is 0.876. The molecule has 0 spiro atoms. The average molecular weight is 835 g/mol. The molecule has 3 heterocycles. The molecular formula is C60H38N2OS. The molecule has 0 aliphatic carbocycles. The highest BCUT2D eigenvalue weighted by Crippen LogP contribution is 2.47. The maximum Gasteiger partial charge on any atom is 0.152 e. The predicted octanol–water partition coefficient (Wildman–Crippen LogP) is 17.4. The lowest BCUT2D eigenvalue weighted by Gasteiger charge is -2.26. The Kier molecular flexibility index (Phi) is 8.40. The minimum absolute atomic E-state index is 0.875. The monoisotopic (exact) mass is 834 g/mol. The number of benzene rings is 10. The third kappa shape index (κ3) is 5.95. The van der Waals surface area contributed by atoms with Crippen LogP contribution in [0.3, 0.4) is 0 Å². The topological polar surface area (TPSA) is 17.4 Å². The summed E-state index contributed by atoms with van der Waals surface area (Å²) < 4.78 is 11.4. The molecule has 1 aliphatic heterocycles. The summed E-state index contributed by atoms with van der Waals surface area (Å²) in [5.74, 6) is 1.76. The molecule has 0 amide bonds. The van der Waals surface area contributed by atoms with E-state index >= 15 is 0 Å². The van der Waals surface area contributed by atoms with Crippen molar-refractivity contribution >= 4 is 70.4 Å². The molecular weight excluding hydrogens is 797 g/mol. The van der Waals surface area contributed by atoms with Gasteiger partial charge in [-0.1, -0.05) is 158 Å². The highest BCUT2D eigenvalue weighted by atomic mass is 32.1. The van der Waals surface area contributed by atoms with Crippen molar-refractivity contribution in [2.45, 2.75) is 0 Å². The number of anilines is 3. The smallest absolute Gasteiger partial charge is 0.152 e. The van der Waals surface area contributed by atoms with Crippen LogP contribution in [-0.2, 0) is 0 Å². The summed E-state index contributed by atoms with van der Waals surface area (Å²) in [6.45, 7) is 0. The molecule has 0 bridgehead atoms. The molecule has 0 N–H and O–H groups in total. The van der Waals surface area contributed by atoms with Crippen molar-refractivity contribution in [1.82, 2.24) is 4.57 Å². The molecule has 0 saturated carbocycles. The van der Waals surface area contributed by atoms with E-state index in [-0.39, 0.29) is 0 Å². The average Bonchev–Trinajstić information content (AvgIpc) is 3.92. The lowest BCUT2D eigenvalue weighted by molar-refractivity contribution is 0.476. The van der Waals surface area contributed by atoms with Gasteiger partial charge < -0.3 is 14.2 Å². The Labute approximate surface area is 374 Å². The first-order valence-electron chi connectivity index (χ1n) is 21.7. The Hall–Kier alpha value is -8.18. The molecule has 0 atom stereocenters. The molecule has 4 heteroatoms. The predicted molar refractivity (Wildman–Crippen MR) is 270 cm³/mol. The van der Waals surface area contributed by atoms with Crippen LogP contribution in [0.2, 0.25) is 0 Å². The second-order valence-electron chi connectivity index (χ2n) is 16.5. The number of rotatable bonds is 7. The fourth-order valence-corrected chi connectivity index (χ4v) is 10.9. The molecule has 0 unspecified atom stereocenters. The van der Waals surface area contributed by atoms with Crippen molar-refractivity contribution in [2.24, 2.45) is 0 Å². The molecule has 0 radical (unpaired) electrons. The van der Waals surface area contributed by atoms with Gasteiger partial charge in [0, 0.05) is 48.0 Å². The zero-order chi connectivity index (χ0) is 42.1. The van der Waals surface area contributed by atoms with Crippen LogP contribution < -0.4 is 9.64 Å². The van der Waals surface area contributed by atoms with Gasteiger partial charge in [-0.3, -0.25) is 0 Å². The van der Waals surface area contributed by atoms with Crippen LogP contribution in [0.4, 0.5) is 17.1 Å². The van der Waals surface area contributed by atoms with Crippen molar-refractivity contribution in [1.29, 1.82) is 0 Å². The quantitative estimate of drug-likeness (QED) is 0.159. The third-order valence-electron chi connectivity index (χ3n) is 12.8. The molecule has 2 aromatic heterocycles. The van der Waals surface area contributed by atoms with Crippen LogP contribution in [0.5, 0.6) is 11.5 Å².